The number of allylic oxidation sites excluding steroid dienone is 2. The van der Waals surface area contributed by atoms with Gasteiger partial charge in [0, 0.05) is 35.5 Å². The molecule has 4 rings (SSSR count). The minimum absolute atomic E-state index is 0.0444. The van der Waals surface area contributed by atoms with Crippen molar-refractivity contribution in [3.05, 3.63) is 85.9 Å². The molecule has 1 atom stereocenters. The van der Waals surface area contributed by atoms with E-state index in [1.165, 1.54) is 12.1 Å². The van der Waals surface area contributed by atoms with E-state index in [0.717, 1.165) is 22.5 Å². The SMILES string of the molecule is CCOC(=O)C1=C(C)NC2=C(C=Nc3cc(C)c(C)cc3N2)[C@@H]1c1cccc([N+](=O)[O-])c1. The van der Waals surface area contributed by atoms with Crippen LogP contribution < -0.4 is 10.6 Å². The molecule has 164 valence electrons. The molecular weight excluding hydrogens is 408 g/mol. The van der Waals surface area contributed by atoms with E-state index in [0.29, 0.717) is 28.2 Å². The molecule has 0 bridgehead atoms. The van der Waals surface area contributed by atoms with Crippen molar-refractivity contribution in [1.29, 1.82) is 0 Å². The maximum Gasteiger partial charge on any atom is 0.336 e. The van der Waals surface area contributed by atoms with E-state index in [4.69, 9.17) is 4.74 Å². The minimum atomic E-state index is -0.585. The number of fused-ring (bicyclic) bond motifs is 1. The number of nitro groups is 1. The number of benzene rings is 2. The van der Waals surface area contributed by atoms with Gasteiger partial charge in [0.1, 0.15) is 5.82 Å². The van der Waals surface area contributed by atoms with Gasteiger partial charge in [-0.15, -0.1) is 0 Å². The molecule has 0 saturated carbocycles. The Morgan fingerprint density at radius 3 is 2.62 bits per heavy atom. The molecule has 2 aromatic rings. The van der Waals surface area contributed by atoms with Gasteiger partial charge in [0.25, 0.3) is 5.69 Å². The van der Waals surface area contributed by atoms with Gasteiger partial charge in [0.15, 0.2) is 0 Å². The number of rotatable bonds is 4. The van der Waals surface area contributed by atoms with E-state index >= 15 is 0 Å². The van der Waals surface area contributed by atoms with Crippen LogP contribution in [-0.2, 0) is 9.53 Å². The summed E-state index contributed by atoms with van der Waals surface area (Å²) in [7, 11) is 0. The van der Waals surface area contributed by atoms with Gasteiger partial charge in [0.05, 0.1) is 28.5 Å². The summed E-state index contributed by atoms with van der Waals surface area (Å²) < 4.78 is 5.33. The summed E-state index contributed by atoms with van der Waals surface area (Å²) in [5, 5.41) is 18.1. The predicted molar refractivity (Wildman–Crippen MR) is 123 cm³/mol. The molecule has 8 nitrogen and oxygen atoms in total. The Morgan fingerprint density at radius 1 is 1.16 bits per heavy atom. The van der Waals surface area contributed by atoms with Gasteiger partial charge >= 0.3 is 5.97 Å². The first kappa shape index (κ1) is 21.3. The number of aliphatic imine (C=N–C) groups is 1. The number of anilines is 1. The number of carbonyl (C=O) groups excluding carboxylic acids is 1. The Bertz CT molecular complexity index is 1230. The summed E-state index contributed by atoms with van der Waals surface area (Å²) in [6, 6.07) is 10.4. The molecule has 0 aromatic heterocycles. The van der Waals surface area contributed by atoms with Crippen LogP contribution in [0.5, 0.6) is 0 Å². The van der Waals surface area contributed by atoms with E-state index in [1.807, 2.05) is 26.0 Å². The quantitative estimate of drug-likeness (QED) is 0.409. The molecule has 8 heteroatoms. The van der Waals surface area contributed by atoms with Crippen molar-refractivity contribution in [2.45, 2.75) is 33.6 Å². The van der Waals surface area contributed by atoms with Gasteiger partial charge in [-0.05, 0) is 56.5 Å². The molecule has 0 spiro atoms. The first-order valence-corrected chi connectivity index (χ1v) is 10.4. The van der Waals surface area contributed by atoms with Crippen molar-refractivity contribution >= 4 is 29.2 Å². The third-order valence-electron chi connectivity index (χ3n) is 5.73. The van der Waals surface area contributed by atoms with Crippen LogP contribution in [0.25, 0.3) is 0 Å². The zero-order chi connectivity index (χ0) is 23.0. The fourth-order valence-electron chi connectivity index (χ4n) is 4.01. The number of hydrogen-bond donors (Lipinski definition) is 2. The maximum atomic E-state index is 12.9. The normalized spacial score (nSPS) is 17.1. The number of ether oxygens (including phenoxy) is 1. The van der Waals surface area contributed by atoms with Crippen molar-refractivity contribution in [1.82, 2.24) is 5.32 Å². The average Bonchev–Trinajstić information content (AvgIpc) is 2.92. The molecule has 32 heavy (non-hydrogen) atoms. The van der Waals surface area contributed by atoms with Crippen LogP contribution in [0.15, 0.2) is 64.1 Å². The smallest absolute Gasteiger partial charge is 0.336 e. The predicted octanol–water partition coefficient (Wildman–Crippen LogP) is 4.78. The molecule has 0 unspecified atom stereocenters. The highest BCUT2D eigenvalue weighted by Crippen LogP contribution is 2.41. The first-order chi connectivity index (χ1) is 15.3. The fourth-order valence-corrected chi connectivity index (χ4v) is 4.01. The minimum Gasteiger partial charge on any atom is -0.463 e. The van der Waals surface area contributed by atoms with E-state index in [9.17, 15) is 14.9 Å². The number of nitrogens with zero attached hydrogens (tertiary/aromatic N) is 2. The number of carbonyl (C=O) groups is 1. The molecule has 2 aliphatic rings. The second-order valence-corrected chi connectivity index (χ2v) is 7.84. The third kappa shape index (κ3) is 3.75. The highest BCUT2D eigenvalue weighted by molar-refractivity contribution is 5.99. The van der Waals surface area contributed by atoms with Gasteiger partial charge in [-0.1, -0.05) is 12.1 Å². The van der Waals surface area contributed by atoms with Crippen molar-refractivity contribution in [3.8, 4) is 0 Å². The maximum absolute atomic E-state index is 12.9. The van der Waals surface area contributed by atoms with Crippen LogP contribution in [0.2, 0.25) is 0 Å². The third-order valence-corrected chi connectivity index (χ3v) is 5.73. The summed E-state index contributed by atoms with van der Waals surface area (Å²) in [4.78, 5) is 28.6. The first-order valence-electron chi connectivity index (χ1n) is 10.4. The number of nitrogens with one attached hydrogen (secondary N) is 2. The zero-order valence-corrected chi connectivity index (χ0v) is 18.4. The molecule has 2 aliphatic heterocycles. The summed E-state index contributed by atoms with van der Waals surface area (Å²) in [6.45, 7) is 7.82. The molecule has 0 amide bonds. The molecule has 0 radical (unpaired) electrons. The lowest BCUT2D eigenvalue weighted by Crippen LogP contribution is -2.33. The lowest BCUT2D eigenvalue weighted by Gasteiger charge is -2.30. The van der Waals surface area contributed by atoms with Crippen molar-refractivity contribution < 1.29 is 14.5 Å². The lowest BCUT2D eigenvalue weighted by molar-refractivity contribution is -0.384. The Balaban J connectivity index is 1.89. The van der Waals surface area contributed by atoms with Crippen molar-refractivity contribution in [3.63, 3.8) is 0 Å². The van der Waals surface area contributed by atoms with Crippen LogP contribution in [-0.4, -0.2) is 23.7 Å². The number of aryl methyl sites for hydroxylation is 2. The summed E-state index contributed by atoms with van der Waals surface area (Å²) in [6.07, 6.45) is 1.71. The van der Waals surface area contributed by atoms with Crippen LogP contribution in [0.4, 0.5) is 17.1 Å². The molecule has 0 aliphatic carbocycles. The highest BCUT2D eigenvalue weighted by Gasteiger charge is 2.36. The summed E-state index contributed by atoms with van der Waals surface area (Å²) in [5.74, 6) is -0.377. The molecular formula is C24H24N4O4. The van der Waals surface area contributed by atoms with Gasteiger partial charge in [0.2, 0.25) is 0 Å². The molecule has 2 aromatic carbocycles. The summed E-state index contributed by atoms with van der Waals surface area (Å²) in [5.41, 5.74) is 6.15. The average molecular weight is 432 g/mol. The second kappa shape index (κ2) is 8.30. The monoisotopic (exact) mass is 432 g/mol. The number of hydrogen-bond acceptors (Lipinski definition) is 7. The summed E-state index contributed by atoms with van der Waals surface area (Å²) >= 11 is 0. The lowest BCUT2D eigenvalue weighted by atomic mass is 9.81. The Morgan fingerprint density at radius 2 is 1.91 bits per heavy atom. The van der Waals surface area contributed by atoms with E-state index < -0.39 is 16.8 Å². The largest absolute Gasteiger partial charge is 0.463 e. The zero-order valence-electron chi connectivity index (χ0n) is 18.4. The number of non-ortho nitro benzene ring substituents is 1. The standard InChI is InChI=1S/C24H24N4O4/c1-5-32-24(29)21-15(4)26-23-18(22(21)16-7-6-8-17(11-16)28(30)31)12-25-19-9-13(2)14(3)10-20(19)27-23/h6-12,22,26-27H,5H2,1-4H3/t22-/m0/s1. The van der Waals surface area contributed by atoms with Crippen LogP contribution in [0.1, 0.15) is 36.5 Å². The fraction of sp³-hybridized carbons (Fsp3) is 0.250. The Hall–Kier alpha value is -3.94. The number of dihydropyridines is 1. The van der Waals surface area contributed by atoms with Crippen molar-refractivity contribution in [2.75, 3.05) is 11.9 Å². The van der Waals surface area contributed by atoms with E-state index in [1.54, 1.807) is 32.2 Å². The number of nitro benzene ring substituents is 1. The Kier molecular flexibility index (Phi) is 5.52. The van der Waals surface area contributed by atoms with Gasteiger partial charge in [-0.3, -0.25) is 15.1 Å². The molecule has 2 heterocycles. The Labute approximate surface area is 185 Å². The van der Waals surface area contributed by atoms with Gasteiger partial charge < -0.3 is 15.4 Å². The van der Waals surface area contributed by atoms with Crippen LogP contribution >= 0.6 is 0 Å². The van der Waals surface area contributed by atoms with Gasteiger partial charge in [-0.25, -0.2) is 4.79 Å². The van der Waals surface area contributed by atoms with Crippen LogP contribution in [0, 0.1) is 24.0 Å². The van der Waals surface area contributed by atoms with Gasteiger partial charge in [-0.2, -0.15) is 0 Å². The topological polar surface area (TPSA) is 106 Å². The van der Waals surface area contributed by atoms with E-state index in [2.05, 4.69) is 15.6 Å². The second-order valence-electron chi connectivity index (χ2n) is 7.84. The van der Waals surface area contributed by atoms with Crippen LogP contribution in [0.3, 0.4) is 0 Å². The molecule has 0 fully saturated rings. The molecule has 2 N–H and O–H groups in total. The number of esters is 1. The highest BCUT2D eigenvalue weighted by atomic mass is 16.6. The van der Waals surface area contributed by atoms with Crippen molar-refractivity contribution in [2.24, 2.45) is 4.99 Å². The van der Waals surface area contributed by atoms with E-state index in [-0.39, 0.29) is 12.3 Å². The molecule has 0 saturated heterocycles.